The van der Waals surface area contributed by atoms with E-state index in [0.717, 1.165) is 35.7 Å². The largest absolute Gasteiger partial charge is 0.363 e. The molecule has 1 aliphatic carbocycles. The summed E-state index contributed by atoms with van der Waals surface area (Å²) in [6.45, 7) is 0.126. The number of rotatable bonds is 6. The molecule has 1 saturated carbocycles. The van der Waals surface area contributed by atoms with Crippen molar-refractivity contribution < 1.29 is 4.79 Å². The van der Waals surface area contributed by atoms with Crippen LogP contribution in [-0.2, 0) is 11.3 Å². The van der Waals surface area contributed by atoms with Crippen molar-refractivity contribution in [2.24, 2.45) is 0 Å². The van der Waals surface area contributed by atoms with Crippen molar-refractivity contribution in [1.82, 2.24) is 29.5 Å². The lowest BCUT2D eigenvalue weighted by Crippen LogP contribution is -2.22. The van der Waals surface area contributed by atoms with E-state index in [1.165, 1.54) is 19.2 Å². The summed E-state index contributed by atoms with van der Waals surface area (Å²) in [5.74, 6) is 1.43. The van der Waals surface area contributed by atoms with E-state index in [-0.39, 0.29) is 12.5 Å². The van der Waals surface area contributed by atoms with Crippen molar-refractivity contribution in [3.63, 3.8) is 0 Å². The maximum absolute atomic E-state index is 12.5. The molecule has 0 atom stereocenters. The number of nitrogens with zero attached hydrogens (tertiary/aromatic N) is 7. The zero-order chi connectivity index (χ0) is 19.5. The average molecular weight is 380 g/mol. The maximum atomic E-state index is 12.5. The Labute approximate surface area is 163 Å². The Bertz CT molecular complexity index is 954. The molecule has 28 heavy (non-hydrogen) atoms. The summed E-state index contributed by atoms with van der Waals surface area (Å²) in [5.41, 5.74) is 1.61. The molecule has 9 heteroatoms. The molecule has 0 bridgehead atoms. The molecule has 0 aromatic carbocycles. The number of hydrogen-bond acceptors (Lipinski definition) is 6. The van der Waals surface area contributed by atoms with Gasteiger partial charge in [-0.25, -0.2) is 14.6 Å². The Morgan fingerprint density at radius 3 is 2.86 bits per heavy atom. The number of amides is 1. The van der Waals surface area contributed by atoms with Crippen molar-refractivity contribution in [2.75, 3.05) is 24.3 Å². The zero-order valence-electron chi connectivity index (χ0n) is 16.1. The fraction of sp³-hybridized carbons (Fsp3) is 0.421. The molecule has 3 aromatic heterocycles. The fourth-order valence-corrected chi connectivity index (χ4v) is 3.51. The van der Waals surface area contributed by atoms with Crippen LogP contribution in [0.25, 0.3) is 11.3 Å². The summed E-state index contributed by atoms with van der Waals surface area (Å²) < 4.78 is 3.54. The fourth-order valence-electron chi connectivity index (χ4n) is 3.51. The quantitative estimate of drug-likeness (QED) is 0.706. The molecule has 0 aliphatic heterocycles. The van der Waals surface area contributed by atoms with Crippen LogP contribution in [0.4, 0.5) is 11.6 Å². The van der Waals surface area contributed by atoms with Gasteiger partial charge in [0, 0.05) is 38.0 Å². The van der Waals surface area contributed by atoms with Gasteiger partial charge >= 0.3 is 0 Å². The minimum absolute atomic E-state index is 0.126. The van der Waals surface area contributed by atoms with Crippen LogP contribution >= 0.6 is 0 Å². The first kappa shape index (κ1) is 18.1. The van der Waals surface area contributed by atoms with Gasteiger partial charge in [-0.2, -0.15) is 10.2 Å². The zero-order valence-corrected chi connectivity index (χ0v) is 16.1. The van der Waals surface area contributed by atoms with E-state index in [0.29, 0.717) is 6.04 Å². The highest BCUT2D eigenvalue weighted by atomic mass is 16.2. The number of aromatic nitrogens is 6. The van der Waals surface area contributed by atoms with Crippen molar-refractivity contribution in [3.05, 3.63) is 37.1 Å². The van der Waals surface area contributed by atoms with Crippen molar-refractivity contribution in [1.29, 1.82) is 0 Å². The summed E-state index contributed by atoms with van der Waals surface area (Å²) in [6.07, 6.45) is 11.4. The smallest absolute Gasteiger partial charge is 0.247 e. The van der Waals surface area contributed by atoms with Crippen LogP contribution in [0.15, 0.2) is 37.1 Å². The highest BCUT2D eigenvalue weighted by molar-refractivity contribution is 5.89. The second-order valence-corrected chi connectivity index (χ2v) is 7.23. The molecule has 9 nitrogen and oxygen atoms in total. The Morgan fingerprint density at radius 1 is 1.25 bits per heavy atom. The molecule has 1 aliphatic rings. The Kier molecular flexibility index (Phi) is 5.05. The monoisotopic (exact) mass is 380 g/mol. The summed E-state index contributed by atoms with van der Waals surface area (Å²) >= 11 is 0. The van der Waals surface area contributed by atoms with Gasteiger partial charge in [-0.3, -0.25) is 9.48 Å². The first-order chi connectivity index (χ1) is 13.6. The van der Waals surface area contributed by atoms with Gasteiger partial charge in [-0.05, 0) is 12.8 Å². The van der Waals surface area contributed by atoms with E-state index in [2.05, 4.69) is 25.5 Å². The van der Waals surface area contributed by atoms with Crippen LogP contribution in [0.1, 0.15) is 31.7 Å². The number of hydrogen-bond donors (Lipinski definition) is 1. The summed E-state index contributed by atoms with van der Waals surface area (Å²) in [4.78, 5) is 22.9. The maximum Gasteiger partial charge on any atom is 0.247 e. The summed E-state index contributed by atoms with van der Waals surface area (Å²) in [5, 5.41) is 11.6. The van der Waals surface area contributed by atoms with E-state index in [4.69, 9.17) is 0 Å². The Morgan fingerprint density at radius 2 is 2.07 bits per heavy atom. The molecule has 3 heterocycles. The Balaban J connectivity index is 1.42. The molecule has 0 saturated heterocycles. The van der Waals surface area contributed by atoms with Crippen LogP contribution in [0.3, 0.4) is 0 Å². The molecular formula is C19H24N8O. The predicted molar refractivity (Wildman–Crippen MR) is 106 cm³/mol. The second-order valence-electron chi connectivity index (χ2n) is 7.23. The van der Waals surface area contributed by atoms with Gasteiger partial charge in [-0.1, -0.05) is 12.8 Å². The predicted octanol–water partition coefficient (Wildman–Crippen LogP) is 2.36. The molecule has 146 valence electrons. The van der Waals surface area contributed by atoms with E-state index < -0.39 is 0 Å². The molecule has 1 amide bonds. The minimum atomic E-state index is -0.133. The molecule has 1 N–H and O–H groups in total. The van der Waals surface area contributed by atoms with E-state index in [1.807, 2.05) is 42.0 Å². The molecule has 4 rings (SSSR count). The lowest BCUT2D eigenvalue weighted by atomic mass is 10.2. The number of anilines is 2. The summed E-state index contributed by atoms with van der Waals surface area (Å²) in [6, 6.07) is 4.11. The van der Waals surface area contributed by atoms with Crippen molar-refractivity contribution >= 4 is 17.5 Å². The van der Waals surface area contributed by atoms with Gasteiger partial charge in [0.1, 0.15) is 24.5 Å². The van der Waals surface area contributed by atoms with Gasteiger partial charge in [0.25, 0.3) is 0 Å². The van der Waals surface area contributed by atoms with Crippen LogP contribution in [0, 0.1) is 0 Å². The molecule has 0 spiro atoms. The van der Waals surface area contributed by atoms with Gasteiger partial charge < -0.3 is 10.2 Å². The van der Waals surface area contributed by atoms with Gasteiger partial charge in [0.15, 0.2) is 0 Å². The third kappa shape index (κ3) is 3.88. The molecule has 3 aromatic rings. The summed E-state index contributed by atoms with van der Waals surface area (Å²) in [7, 11) is 3.85. The molecule has 1 fully saturated rings. The lowest BCUT2D eigenvalue weighted by Gasteiger charge is -2.14. The van der Waals surface area contributed by atoms with Crippen LogP contribution in [-0.4, -0.2) is 49.5 Å². The standard InChI is InChI=1S/C19H24N8O/c1-25(2)18-9-16(20-13-21-18)14-10-23-26(11-14)12-19(28)24-17-7-8-22-27(17)15-5-3-4-6-15/h7-11,13,15H,3-6,12H2,1-2H3,(H,24,28). The second kappa shape index (κ2) is 7.79. The average Bonchev–Trinajstić information content (AvgIpc) is 3.43. The van der Waals surface area contributed by atoms with E-state index in [1.54, 1.807) is 17.1 Å². The SMILES string of the molecule is CN(C)c1cc(-c2cnn(CC(=O)Nc3ccnn3C3CCCC3)c2)ncn1. The Hall–Kier alpha value is -3.23. The number of carbonyl (C=O) groups excluding carboxylic acids is 1. The van der Waals surface area contributed by atoms with Crippen LogP contribution in [0.2, 0.25) is 0 Å². The minimum Gasteiger partial charge on any atom is -0.363 e. The molecule has 0 radical (unpaired) electrons. The lowest BCUT2D eigenvalue weighted by molar-refractivity contribution is -0.117. The van der Waals surface area contributed by atoms with Crippen LogP contribution in [0.5, 0.6) is 0 Å². The number of nitrogens with one attached hydrogen (secondary N) is 1. The topological polar surface area (TPSA) is 93.8 Å². The third-order valence-electron chi connectivity index (χ3n) is 4.95. The normalized spacial score (nSPS) is 14.4. The van der Waals surface area contributed by atoms with E-state index >= 15 is 0 Å². The first-order valence-corrected chi connectivity index (χ1v) is 9.46. The first-order valence-electron chi connectivity index (χ1n) is 9.46. The molecular weight excluding hydrogens is 356 g/mol. The van der Waals surface area contributed by atoms with Crippen molar-refractivity contribution in [2.45, 2.75) is 38.3 Å². The highest BCUT2D eigenvalue weighted by Crippen LogP contribution is 2.31. The van der Waals surface area contributed by atoms with E-state index in [9.17, 15) is 4.79 Å². The van der Waals surface area contributed by atoms with Crippen LogP contribution < -0.4 is 10.2 Å². The number of carbonyl (C=O) groups is 1. The van der Waals surface area contributed by atoms with Gasteiger partial charge in [-0.15, -0.1) is 0 Å². The third-order valence-corrected chi connectivity index (χ3v) is 4.95. The van der Waals surface area contributed by atoms with Gasteiger partial charge in [0.05, 0.1) is 24.1 Å². The van der Waals surface area contributed by atoms with Crippen molar-refractivity contribution in [3.8, 4) is 11.3 Å². The highest BCUT2D eigenvalue weighted by Gasteiger charge is 2.20. The molecule has 0 unspecified atom stereocenters. The van der Waals surface area contributed by atoms with Gasteiger partial charge in [0.2, 0.25) is 5.91 Å².